The Morgan fingerprint density at radius 1 is 1.31 bits per heavy atom. The van der Waals surface area contributed by atoms with E-state index in [1.165, 1.54) is 24.3 Å². The van der Waals surface area contributed by atoms with Crippen molar-refractivity contribution in [3.63, 3.8) is 0 Å². The standard InChI is InChI=1S/C14H27NS/c1-6-15(10(2)3)14(16)13-9-7-8-11(4)12(13)5/h10-13H,6-9H2,1-5H3. The normalized spacial score (nSPS) is 30.5. The van der Waals surface area contributed by atoms with E-state index in [1.807, 2.05) is 0 Å². The maximum absolute atomic E-state index is 5.73. The summed E-state index contributed by atoms with van der Waals surface area (Å²) in [5.74, 6) is 2.23. The molecule has 1 nitrogen and oxygen atoms in total. The molecule has 16 heavy (non-hydrogen) atoms. The Hall–Kier alpha value is -0.110. The maximum atomic E-state index is 5.73. The summed E-state index contributed by atoms with van der Waals surface area (Å²) >= 11 is 5.73. The second kappa shape index (κ2) is 6.00. The van der Waals surface area contributed by atoms with Gasteiger partial charge in [0.1, 0.15) is 0 Å². The largest absolute Gasteiger partial charge is 0.364 e. The van der Waals surface area contributed by atoms with Gasteiger partial charge in [-0.25, -0.2) is 0 Å². The third-order valence-corrected chi connectivity index (χ3v) is 4.81. The Morgan fingerprint density at radius 3 is 2.44 bits per heavy atom. The Morgan fingerprint density at radius 2 is 1.94 bits per heavy atom. The lowest BCUT2D eigenvalue weighted by atomic mass is 9.73. The zero-order valence-electron chi connectivity index (χ0n) is 11.5. The molecule has 0 aromatic carbocycles. The zero-order chi connectivity index (χ0) is 12.3. The quantitative estimate of drug-likeness (QED) is 0.684. The molecule has 0 radical (unpaired) electrons. The first kappa shape index (κ1) is 14.0. The lowest BCUT2D eigenvalue weighted by Gasteiger charge is -2.40. The molecule has 1 aliphatic carbocycles. The Labute approximate surface area is 107 Å². The van der Waals surface area contributed by atoms with Crippen LogP contribution in [0.4, 0.5) is 0 Å². The van der Waals surface area contributed by atoms with Crippen molar-refractivity contribution in [2.75, 3.05) is 6.54 Å². The van der Waals surface area contributed by atoms with Crippen molar-refractivity contribution in [3.8, 4) is 0 Å². The van der Waals surface area contributed by atoms with E-state index in [1.54, 1.807) is 0 Å². The molecule has 0 spiro atoms. The van der Waals surface area contributed by atoms with Crippen molar-refractivity contribution < 1.29 is 0 Å². The van der Waals surface area contributed by atoms with Crippen molar-refractivity contribution in [1.82, 2.24) is 4.90 Å². The van der Waals surface area contributed by atoms with Crippen LogP contribution in [0, 0.1) is 17.8 Å². The van der Waals surface area contributed by atoms with E-state index in [4.69, 9.17) is 12.2 Å². The molecule has 0 aromatic rings. The molecule has 2 heteroatoms. The predicted octanol–water partition coefficient (Wildman–Crippen LogP) is 4.12. The van der Waals surface area contributed by atoms with Gasteiger partial charge in [0.05, 0.1) is 4.99 Å². The van der Waals surface area contributed by atoms with E-state index in [0.29, 0.717) is 12.0 Å². The number of thiocarbonyl (C=S) groups is 1. The van der Waals surface area contributed by atoms with Gasteiger partial charge < -0.3 is 4.90 Å². The summed E-state index contributed by atoms with van der Waals surface area (Å²) in [5, 5.41) is 0. The summed E-state index contributed by atoms with van der Waals surface area (Å²) in [5.41, 5.74) is 0. The number of hydrogen-bond acceptors (Lipinski definition) is 1. The maximum Gasteiger partial charge on any atom is 0.0815 e. The van der Waals surface area contributed by atoms with Crippen LogP contribution in [0.1, 0.15) is 53.9 Å². The molecule has 1 saturated carbocycles. The fourth-order valence-corrected chi connectivity index (χ4v) is 3.59. The second-order valence-electron chi connectivity index (χ2n) is 5.59. The minimum Gasteiger partial charge on any atom is -0.364 e. The molecule has 3 atom stereocenters. The van der Waals surface area contributed by atoms with E-state index in [-0.39, 0.29) is 0 Å². The van der Waals surface area contributed by atoms with Gasteiger partial charge in [-0.1, -0.05) is 38.9 Å². The van der Waals surface area contributed by atoms with Crippen molar-refractivity contribution >= 4 is 17.2 Å². The highest BCUT2D eigenvalue weighted by molar-refractivity contribution is 7.80. The Kier molecular flexibility index (Phi) is 5.23. The van der Waals surface area contributed by atoms with Gasteiger partial charge in [-0.15, -0.1) is 0 Å². The molecule has 0 heterocycles. The smallest absolute Gasteiger partial charge is 0.0815 e. The van der Waals surface area contributed by atoms with Crippen LogP contribution >= 0.6 is 12.2 Å². The van der Waals surface area contributed by atoms with E-state index in [9.17, 15) is 0 Å². The van der Waals surface area contributed by atoms with Gasteiger partial charge in [0.15, 0.2) is 0 Å². The van der Waals surface area contributed by atoms with Crippen LogP contribution in [-0.4, -0.2) is 22.5 Å². The second-order valence-corrected chi connectivity index (χ2v) is 6.01. The van der Waals surface area contributed by atoms with Crippen molar-refractivity contribution in [3.05, 3.63) is 0 Å². The van der Waals surface area contributed by atoms with Crippen LogP contribution in [0.5, 0.6) is 0 Å². The average Bonchev–Trinajstić information content (AvgIpc) is 2.22. The molecule has 1 aliphatic rings. The van der Waals surface area contributed by atoms with Gasteiger partial charge in [0, 0.05) is 18.5 Å². The first-order valence-electron chi connectivity index (χ1n) is 6.79. The minimum atomic E-state index is 0.543. The van der Waals surface area contributed by atoms with E-state index in [2.05, 4.69) is 39.5 Å². The van der Waals surface area contributed by atoms with Crippen LogP contribution in [0.15, 0.2) is 0 Å². The van der Waals surface area contributed by atoms with Gasteiger partial charge in [-0.2, -0.15) is 0 Å². The molecule has 0 amide bonds. The fraction of sp³-hybridized carbons (Fsp3) is 0.929. The minimum absolute atomic E-state index is 0.543. The highest BCUT2D eigenvalue weighted by atomic mass is 32.1. The van der Waals surface area contributed by atoms with Gasteiger partial charge in [0.25, 0.3) is 0 Å². The summed E-state index contributed by atoms with van der Waals surface area (Å²) in [4.78, 5) is 3.62. The monoisotopic (exact) mass is 241 g/mol. The summed E-state index contributed by atoms with van der Waals surface area (Å²) in [6, 6.07) is 0.543. The van der Waals surface area contributed by atoms with Crippen LogP contribution in [0.25, 0.3) is 0 Å². The zero-order valence-corrected chi connectivity index (χ0v) is 12.3. The van der Waals surface area contributed by atoms with Gasteiger partial charge in [0.2, 0.25) is 0 Å². The molecule has 0 aliphatic heterocycles. The van der Waals surface area contributed by atoms with E-state index in [0.717, 1.165) is 18.4 Å². The van der Waals surface area contributed by atoms with Gasteiger partial charge in [-0.05, 0) is 39.0 Å². The SMILES string of the molecule is CCN(C(=S)C1CCCC(C)C1C)C(C)C. The molecule has 0 saturated heterocycles. The van der Waals surface area contributed by atoms with Crippen molar-refractivity contribution in [2.24, 2.45) is 17.8 Å². The molecule has 94 valence electrons. The summed E-state index contributed by atoms with van der Waals surface area (Å²) in [7, 11) is 0. The fourth-order valence-electron chi connectivity index (χ4n) is 2.92. The molecule has 3 unspecified atom stereocenters. The number of nitrogens with zero attached hydrogens (tertiary/aromatic N) is 1. The first-order chi connectivity index (χ1) is 7.49. The molecule has 1 rings (SSSR count). The number of rotatable bonds is 3. The molecule has 0 bridgehead atoms. The van der Waals surface area contributed by atoms with Gasteiger partial charge in [-0.3, -0.25) is 0 Å². The topological polar surface area (TPSA) is 3.24 Å². The average molecular weight is 241 g/mol. The molecular weight excluding hydrogens is 214 g/mol. The molecule has 1 fully saturated rings. The van der Waals surface area contributed by atoms with Crippen LogP contribution < -0.4 is 0 Å². The highest BCUT2D eigenvalue weighted by Crippen LogP contribution is 2.36. The molecule has 0 N–H and O–H groups in total. The summed E-state index contributed by atoms with van der Waals surface area (Å²) in [6.07, 6.45) is 4.04. The first-order valence-corrected chi connectivity index (χ1v) is 7.20. The lowest BCUT2D eigenvalue weighted by Crippen LogP contribution is -2.43. The van der Waals surface area contributed by atoms with Crippen molar-refractivity contribution in [1.29, 1.82) is 0 Å². The molecule has 0 aromatic heterocycles. The van der Waals surface area contributed by atoms with Crippen LogP contribution in [0.3, 0.4) is 0 Å². The molecular formula is C14H27NS. The Bertz CT molecular complexity index is 237. The number of hydrogen-bond donors (Lipinski definition) is 0. The third-order valence-electron chi connectivity index (χ3n) is 4.27. The summed E-state index contributed by atoms with van der Waals surface area (Å²) < 4.78 is 0. The summed E-state index contributed by atoms with van der Waals surface area (Å²) in [6.45, 7) is 12.5. The predicted molar refractivity (Wildman–Crippen MR) is 75.8 cm³/mol. The Balaban J connectivity index is 2.71. The van der Waals surface area contributed by atoms with Crippen LogP contribution in [-0.2, 0) is 0 Å². The van der Waals surface area contributed by atoms with Gasteiger partial charge >= 0.3 is 0 Å². The van der Waals surface area contributed by atoms with E-state index < -0.39 is 0 Å². The lowest BCUT2D eigenvalue weighted by molar-refractivity contribution is 0.214. The van der Waals surface area contributed by atoms with Crippen molar-refractivity contribution in [2.45, 2.75) is 59.9 Å². The van der Waals surface area contributed by atoms with E-state index >= 15 is 0 Å². The third kappa shape index (κ3) is 2.97. The van der Waals surface area contributed by atoms with Crippen LogP contribution in [0.2, 0.25) is 0 Å². The highest BCUT2D eigenvalue weighted by Gasteiger charge is 2.32.